The molecule has 0 saturated carbocycles. The first-order valence-electron chi connectivity index (χ1n) is 5.90. The quantitative estimate of drug-likeness (QED) is 0.913. The van der Waals surface area contributed by atoms with Crippen molar-refractivity contribution in [1.29, 1.82) is 0 Å². The molecular formula is C13H17Cl2FN2O. The van der Waals surface area contributed by atoms with Crippen molar-refractivity contribution >= 4 is 29.9 Å². The van der Waals surface area contributed by atoms with Crippen molar-refractivity contribution in [3.8, 4) is 0 Å². The Kier molecular flexibility index (Phi) is 5.18. The Labute approximate surface area is 123 Å². The number of nitrogens with two attached hydrogens (primary N) is 1. The summed E-state index contributed by atoms with van der Waals surface area (Å²) in [4.78, 5) is 14.0. The van der Waals surface area contributed by atoms with E-state index < -0.39 is 5.82 Å². The van der Waals surface area contributed by atoms with Crippen LogP contribution in [0.5, 0.6) is 0 Å². The van der Waals surface area contributed by atoms with Gasteiger partial charge in [-0.25, -0.2) is 4.39 Å². The molecule has 106 valence electrons. The number of benzene rings is 1. The molecule has 1 unspecified atom stereocenters. The monoisotopic (exact) mass is 306 g/mol. The van der Waals surface area contributed by atoms with Gasteiger partial charge in [0.15, 0.2) is 0 Å². The van der Waals surface area contributed by atoms with Crippen LogP contribution < -0.4 is 5.73 Å². The zero-order chi connectivity index (χ0) is 13.3. The molecule has 1 aliphatic heterocycles. The number of rotatable bonds is 2. The highest BCUT2D eigenvalue weighted by molar-refractivity contribution is 6.31. The van der Waals surface area contributed by atoms with Crippen LogP contribution >= 0.6 is 24.0 Å². The van der Waals surface area contributed by atoms with Crippen molar-refractivity contribution < 1.29 is 9.18 Å². The minimum Gasteiger partial charge on any atom is -0.338 e. The Bertz CT molecular complexity index is 484. The molecule has 1 fully saturated rings. The second-order valence-electron chi connectivity index (χ2n) is 5.12. The fourth-order valence-electron chi connectivity index (χ4n) is 2.18. The molecule has 2 N–H and O–H groups in total. The number of hydrogen-bond acceptors (Lipinski definition) is 2. The van der Waals surface area contributed by atoms with Crippen LogP contribution in [0.25, 0.3) is 0 Å². The minimum atomic E-state index is -0.513. The van der Waals surface area contributed by atoms with Gasteiger partial charge < -0.3 is 10.6 Å². The average Bonchev–Trinajstić information content (AvgIpc) is 2.75. The summed E-state index contributed by atoms with van der Waals surface area (Å²) in [5.41, 5.74) is 6.11. The summed E-state index contributed by atoms with van der Waals surface area (Å²) in [7, 11) is 0. The summed E-state index contributed by atoms with van der Waals surface area (Å²) in [6.07, 6.45) is 0.893. The fourth-order valence-corrected chi connectivity index (χ4v) is 2.36. The van der Waals surface area contributed by atoms with Crippen molar-refractivity contribution in [3.63, 3.8) is 0 Å². The highest BCUT2D eigenvalue weighted by Gasteiger charge is 2.35. The second kappa shape index (κ2) is 6.07. The molecule has 19 heavy (non-hydrogen) atoms. The molecule has 0 aromatic heterocycles. The van der Waals surface area contributed by atoms with Gasteiger partial charge in [0, 0.05) is 18.7 Å². The molecule has 1 atom stereocenters. The molecule has 0 spiro atoms. The van der Waals surface area contributed by atoms with Crippen LogP contribution in [0.2, 0.25) is 5.02 Å². The van der Waals surface area contributed by atoms with E-state index in [2.05, 4.69) is 6.92 Å². The van der Waals surface area contributed by atoms with E-state index in [1.165, 1.54) is 18.2 Å². The lowest BCUT2D eigenvalue weighted by molar-refractivity contribution is 0.0777. The molecule has 1 aliphatic rings. The van der Waals surface area contributed by atoms with Crippen LogP contribution in [-0.4, -0.2) is 30.4 Å². The van der Waals surface area contributed by atoms with Gasteiger partial charge in [0.2, 0.25) is 0 Å². The molecule has 1 aromatic carbocycles. The number of carbonyl (C=O) groups is 1. The van der Waals surface area contributed by atoms with E-state index in [0.717, 1.165) is 6.42 Å². The molecule has 0 radical (unpaired) electrons. The highest BCUT2D eigenvalue weighted by Crippen LogP contribution is 2.29. The van der Waals surface area contributed by atoms with Gasteiger partial charge in [-0.05, 0) is 36.6 Å². The third-order valence-corrected chi connectivity index (χ3v) is 3.79. The standard InChI is InChI=1S/C13H16ClFN2O.ClH/c1-13(7-16)4-5-17(8-13)12(18)9-2-3-11(15)10(14)6-9;/h2-3,6H,4-5,7-8,16H2,1H3;1H. The molecule has 0 bridgehead atoms. The first kappa shape index (κ1) is 16.2. The SMILES string of the molecule is CC1(CN)CCN(C(=O)c2ccc(F)c(Cl)c2)C1.Cl. The summed E-state index contributed by atoms with van der Waals surface area (Å²) in [6.45, 7) is 3.94. The van der Waals surface area contributed by atoms with Gasteiger partial charge in [0.1, 0.15) is 5.82 Å². The van der Waals surface area contributed by atoms with Crippen molar-refractivity contribution in [1.82, 2.24) is 4.90 Å². The van der Waals surface area contributed by atoms with Gasteiger partial charge in [0.05, 0.1) is 5.02 Å². The lowest BCUT2D eigenvalue weighted by Crippen LogP contribution is -2.34. The van der Waals surface area contributed by atoms with E-state index >= 15 is 0 Å². The smallest absolute Gasteiger partial charge is 0.253 e. The maximum Gasteiger partial charge on any atom is 0.253 e. The van der Waals surface area contributed by atoms with Crippen molar-refractivity contribution in [2.24, 2.45) is 11.1 Å². The molecule has 3 nitrogen and oxygen atoms in total. The van der Waals surface area contributed by atoms with Crippen LogP contribution in [-0.2, 0) is 0 Å². The summed E-state index contributed by atoms with van der Waals surface area (Å²) in [5.74, 6) is -0.629. The summed E-state index contributed by atoms with van der Waals surface area (Å²) >= 11 is 5.68. The van der Waals surface area contributed by atoms with Crippen LogP contribution in [0.4, 0.5) is 4.39 Å². The molecule has 6 heteroatoms. The molecule has 1 amide bonds. The van der Waals surface area contributed by atoms with E-state index in [1.54, 1.807) is 4.90 Å². The fraction of sp³-hybridized carbons (Fsp3) is 0.462. The molecular weight excluding hydrogens is 290 g/mol. The Morgan fingerprint density at radius 2 is 2.26 bits per heavy atom. The zero-order valence-electron chi connectivity index (χ0n) is 10.7. The lowest BCUT2D eigenvalue weighted by Gasteiger charge is -2.22. The maximum atomic E-state index is 13.0. The van der Waals surface area contributed by atoms with Crippen LogP contribution in [0.1, 0.15) is 23.7 Å². The van der Waals surface area contributed by atoms with E-state index in [9.17, 15) is 9.18 Å². The Balaban J connectivity index is 0.00000180. The first-order valence-corrected chi connectivity index (χ1v) is 6.27. The number of likely N-dealkylation sites (tertiary alicyclic amines) is 1. The highest BCUT2D eigenvalue weighted by atomic mass is 35.5. The van der Waals surface area contributed by atoms with E-state index in [4.69, 9.17) is 17.3 Å². The second-order valence-corrected chi connectivity index (χ2v) is 5.53. The lowest BCUT2D eigenvalue weighted by atomic mass is 9.90. The number of carbonyl (C=O) groups excluding carboxylic acids is 1. The normalized spacial score (nSPS) is 22.2. The Morgan fingerprint density at radius 1 is 1.58 bits per heavy atom. The first-order chi connectivity index (χ1) is 8.45. The van der Waals surface area contributed by atoms with Gasteiger partial charge in [-0.2, -0.15) is 0 Å². The van der Waals surface area contributed by atoms with Crippen LogP contribution in [0.3, 0.4) is 0 Å². The molecule has 1 heterocycles. The third-order valence-electron chi connectivity index (χ3n) is 3.50. The largest absolute Gasteiger partial charge is 0.338 e. The van der Waals surface area contributed by atoms with Crippen molar-refractivity contribution in [3.05, 3.63) is 34.6 Å². The number of hydrogen-bond donors (Lipinski definition) is 1. The van der Waals surface area contributed by atoms with E-state index in [1.807, 2.05) is 0 Å². The molecule has 1 aromatic rings. The predicted molar refractivity (Wildman–Crippen MR) is 76.3 cm³/mol. The van der Waals surface area contributed by atoms with Crippen molar-refractivity contribution in [2.45, 2.75) is 13.3 Å². The maximum absolute atomic E-state index is 13.0. The molecule has 1 saturated heterocycles. The minimum absolute atomic E-state index is 0. The van der Waals surface area contributed by atoms with Gasteiger partial charge in [-0.15, -0.1) is 12.4 Å². The Morgan fingerprint density at radius 3 is 2.79 bits per heavy atom. The van der Waals surface area contributed by atoms with E-state index in [0.29, 0.717) is 25.2 Å². The number of amides is 1. The summed E-state index contributed by atoms with van der Waals surface area (Å²) in [5, 5.41) is -0.0263. The number of halogens is 3. The van der Waals surface area contributed by atoms with E-state index in [-0.39, 0.29) is 28.8 Å². The molecule has 0 aliphatic carbocycles. The predicted octanol–water partition coefficient (Wildman–Crippen LogP) is 2.71. The average molecular weight is 307 g/mol. The Hall–Kier alpha value is -0.840. The summed E-state index contributed by atoms with van der Waals surface area (Å²) < 4.78 is 13.0. The topological polar surface area (TPSA) is 46.3 Å². The summed E-state index contributed by atoms with van der Waals surface area (Å²) in [6, 6.07) is 4.05. The van der Waals surface area contributed by atoms with Crippen LogP contribution in [0, 0.1) is 11.2 Å². The van der Waals surface area contributed by atoms with Gasteiger partial charge >= 0.3 is 0 Å². The van der Waals surface area contributed by atoms with Crippen LogP contribution in [0.15, 0.2) is 18.2 Å². The van der Waals surface area contributed by atoms with Gasteiger partial charge in [-0.1, -0.05) is 18.5 Å². The third kappa shape index (κ3) is 3.38. The number of nitrogens with zero attached hydrogens (tertiary/aromatic N) is 1. The zero-order valence-corrected chi connectivity index (χ0v) is 12.2. The van der Waals surface area contributed by atoms with Crippen molar-refractivity contribution in [2.75, 3.05) is 19.6 Å². The molecule has 2 rings (SSSR count). The van der Waals surface area contributed by atoms with Gasteiger partial charge in [0.25, 0.3) is 5.91 Å². The van der Waals surface area contributed by atoms with Gasteiger partial charge in [-0.3, -0.25) is 4.79 Å².